The average Bonchev–Trinajstić information content (AvgIpc) is 2.37. The Morgan fingerprint density at radius 2 is 1.95 bits per heavy atom. The molecule has 0 radical (unpaired) electrons. The highest BCUT2D eigenvalue weighted by molar-refractivity contribution is 7.53. The molecule has 0 fully saturated rings. The molecule has 2 unspecified atom stereocenters. The first-order valence-corrected chi connectivity index (χ1v) is 8.09. The van der Waals surface area contributed by atoms with Gasteiger partial charge in [-0.1, -0.05) is 23.7 Å². The fourth-order valence-corrected chi connectivity index (χ4v) is 3.00. The largest absolute Gasteiger partial charge is 0.450 e. The second-order valence-electron chi connectivity index (χ2n) is 3.80. The first-order valence-electron chi connectivity index (χ1n) is 6.06. The Morgan fingerprint density at radius 1 is 1.35 bits per heavy atom. The molecule has 1 aromatic carbocycles. The third-order valence-electron chi connectivity index (χ3n) is 2.36. The van der Waals surface area contributed by atoms with Gasteiger partial charge in [0.25, 0.3) is 0 Å². The summed E-state index contributed by atoms with van der Waals surface area (Å²) in [5, 5.41) is 2.82. The highest BCUT2D eigenvalue weighted by Gasteiger charge is 2.35. The smallest absolute Gasteiger partial charge is 0.408 e. The number of alkyl carbamates (subject to hydrolysis) is 1. The normalized spacial score (nSPS) is 15.2. The maximum atomic E-state index is 12.2. The maximum Gasteiger partial charge on any atom is 0.408 e. The van der Waals surface area contributed by atoms with Crippen molar-refractivity contribution in [3.8, 4) is 0 Å². The van der Waals surface area contributed by atoms with E-state index in [0.29, 0.717) is 10.6 Å². The second-order valence-corrected chi connectivity index (χ2v) is 6.14. The molecule has 0 saturated heterocycles. The number of carbonyl (C=O) groups excluding carboxylic acids is 1. The molecule has 0 aromatic heterocycles. The van der Waals surface area contributed by atoms with Crippen molar-refractivity contribution in [2.45, 2.75) is 19.6 Å². The molecule has 2 atom stereocenters. The molecule has 20 heavy (non-hydrogen) atoms. The van der Waals surface area contributed by atoms with E-state index in [0.717, 1.165) is 0 Å². The van der Waals surface area contributed by atoms with E-state index in [9.17, 15) is 14.3 Å². The van der Waals surface area contributed by atoms with Crippen LogP contribution in [0.3, 0.4) is 0 Å². The summed E-state index contributed by atoms with van der Waals surface area (Å²) >= 11 is 5.77. The highest BCUT2D eigenvalue weighted by atomic mass is 35.5. The van der Waals surface area contributed by atoms with Crippen molar-refractivity contribution in [1.82, 2.24) is 5.32 Å². The molecular formula is C12H17ClNO5P. The van der Waals surface area contributed by atoms with Crippen LogP contribution in [0.15, 0.2) is 24.3 Å². The van der Waals surface area contributed by atoms with E-state index in [2.05, 4.69) is 5.32 Å². The summed E-state index contributed by atoms with van der Waals surface area (Å²) in [7, 11) is -4.07. The first kappa shape index (κ1) is 17.0. The lowest BCUT2D eigenvalue weighted by Gasteiger charge is -2.23. The molecule has 0 bridgehead atoms. The average molecular weight is 322 g/mol. The Balaban J connectivity index is 3.03. The summed E-state index contributed by atoms with van der Waals surface area (Å²) in [5.74, 6) is -1.21. The quantitative estimate of drug-likeness (QED) is 0.785. The molecule has 0 spiro atoms. The molecule has 2 N–H and O–H groups in total. The number of ether oxygens (including phenoxy) is 1. The maximum absolute atomic E-state index is 12.2. The SMILES string of the molecule is CCOC(=O)NC(c1ccc(Cl)cc1)P(=O)(O)OCC. The minimum absolute atomic E-state index is 0.0440. The number of carbonyl (C=O) groups is 1. The van der Waals surface area contributed by atoms with Crippen LogP contribution in [0.1, 0.15) is 25.2 Å². The van der Waals surface area contributed by atoms with Crippen molar-refractivity contribution in [3.05, 3.63) is 34.9 Å². The third kappa shape index (κ3) is 4.80. The zero-order valence-electron chi connectivity index (χ0n) is 11.2. The molecule has 6 nitrogen and oxygen atoms in total. The number of amides is 1. The molecule has 0 aliphatic heterocycles. The number of hydrogen-bond acceptors (Lipinski definition) is 4. The van der Waals surface area contributed by atoms with Crippen LogP contribution in [0.4, 0.5) is 4.79 Å². The van der Waals surface area contributed by atoms with E-state index in [1.165, 1.54) is 0 Å². The van der Waals surface area contributed by atoms with Crippen LogP contribution in [-0.4, -0.2) is 24.2 Å². The Hall–Kier alpha value is -1.07. The van der Waals surface area contributed by atoms with Gasteiger partial charge in [-0.15, -0.1) is 0 Å². The third-order valence-corrected chi connectivity index (χ3v) is 4.32. The fourth-order valence-electron chi connectivity index (χ4n) is 1.54. The van der Waals surface area contributed by atoms with Crippen molar-refractivity contribution >= 4 is 25.3 Å². The predicted octanol–water partition coefficient (Wildman–Crippen LogP) is 3.31. The number of rotatable bonds is 6. The molecular weight excluding hydrogens is 305 g/mol. The zero-order chi connectivity index (χ0) is 15.2. The number of halogens is 1. The van der Waals surface area contributed by atoms with Crippen molar-refractivity contribution in [3.63, 3.8) is 0 Å². The number of nitrogens with one attached hydrogen (secondary N) is 1. The van der Waals surface area contributed by atoms with Crippen LogP contribution >= 0.6 is 19.2 Å². The van der Waals surface area contributed by atoms with E-state index in [1.54, 1.807) is 38.1 Å². The van der Waals surface area contributed by atoms with Crippen LogP contribution < -0.4 is 5.32 Å². The summed E-state index contributed by atoms with van der Waals surface area (Å²) in [6.45, 7) is 3.43. The molecule has 1 aromatic rings. The van der Waals surface area contributed by atoms with Gasteiger partial charge in [-0.05, 0) is 31.5 Å². The minimum Gasteiger partial charge on any atom is -0.450 e. The Kier molecular flexibility index (Phi) is 6.49. The summed E-state index contributed by atoms with van der Waals surface area (Å²) in [6, 6.07) is 6.20. The second kappa shape index (κ2) is 7.64. The van der Waals surface area contributed by atoms with E-state index in [-0.39, 0.29) is 13.2 Å². The van der Waals surface area contributed by atoms with Crippen molar-refractivity contribution in [1.29, 1.82) is 0 Å². The Morgan fingerprint density at radius 3 is 2.45 bits per heavy atom. The van der Waals surface area contributed by atoms with Crippen LogP contribution in [0.2, 0.25) is 5.02 Å². The van der Waals surface area contributed by atoms with Gasteiger partial charge in [-0.2, -0.15) is 0 Å². The predicted molar refractivity (Wildman–Crippen MR) is 75.8 cm³/mol. The van der Waals surface area contributed by atoms with Crippen LogP contribution in [-0.2, 0) is 13.8 Å². The van der Waals surface area contributed by atoms with Gasteiger partial charge in [-0.25, -0.2) is 4.79 Å². The topological polar surface area (TPSA) is 84.9 Å². The van der Waals surface area contributed by atoms with Gasteiger partial charge in [0.15, 0.2) is 5.78 Å². The highest BCUT2D eigenvalue weighted by Crippen LogP contribution is 2.54. The molecule has 0 heterocycles. The van der Waals surface area contributed by atoms with Crippen molar-refractivity contribution in [2.24, 2.45) is 0 Å². The summed E-state index contributed by atoms with van der Waals surface area (Å²) < 4.78 is 21.8. The Labute approximate surface area is 122 Å². The van der Waals surface area contributed by atoms with Gasteiger partial charge in [0.05, 0.1) is 13.2 Å². The molecule has 1 amide bonds. The molecule has 0 aliphatic carbocycles. The molecule has 0 saturated carbocycles. The van der Waals surface area contributed by atoms with Crippen LogP contribution in [0, 0.1) is 0 Å². The van der Waals surface area contributed by atoms with Gasteiger partial charge >= 0.3 is 13.7 Å². The first-order chi connectivity index (χ1) is 9.40. The fraction of sp³-hybridized carbons (Fsp3) is 0.417. The van der Waals surface area contributed by atoms with E-state index >= 15 is 0 Å². The molecule has 1 rings (SSSR count). The van der Waals surface area contributed by atoms with E-state index in [1.807, 2.05) is 0 Å². The lowest BCUT2D eigenvalue weighted by Crippen LogP contribution is -2.29. The van der Waals surface area contributed by atoms with Gasteiger partial charge in [-0.3, -0.25) is 4.57 Å². The summed E-state index contributed by atoms with van der Waals surface area (Å²) in [5.41, 5.74) is 0.404. The molecule has 0 aliphatic rings. The van der Waals surface area contributed by atoms with Crippen LogP contribution in [0.5, 0.6) is 0 Å². The monoisotopic (exact) mass is 321 g/mol. The number of benzene rings is 1. The standard InChI is InChI=1S/C12H17ClNO5P/c1-3-18-12(15)14-11(20(16,17)19-4-2)9-5-7-10(13)8-6-9/h5-8,11H,3-4H2,1-2H3,(H,14,15)(H,16,17). The lowest BCUT2D eigenvalue weighted by atomic mass is 10.2. The van der Waals surface area contributed by atoms with E-state index < -0.39 is 19.5 Å². The summed E-state index contributed by atoms with van der Waals surface area (Å²) in [4.78, 5) is 21.4. The number of hydrogen-bond donors (Lipinski definition) is 2. The van der Waals surface area contributed by atoms with Crippen LogP contribution in [0.25, 0.3) is 0 Å². The van der Waals surface area contributed by atoms with E-state index in [4.69, 9.17) is 20.9 Å². The lowest BCUT2D eigenvalue weighted by molar-refractivity contribution is 0.148. The van der Waals surface area contributed by atoms with Crippen molar-refractivity contribution in [2.75, 3.05) is 13.2 Å². The van der Waals surface area contributed by atoms with Crippen molar-refractivity contribution < 1.29 is 23.5 Å². The van der Waals surface area contributed by atoms with Gasteiger partial charge in [0, 0.05) is 5.02 Å². The van der Waals surface area contributed by atoms with Gasteiger partial charge in [0.2, 0.25) is 0 Å². The zero-order valence-corrected chi connectivity index (χ0v) is 12.9. The Bertz CT molecular complexity index is 493. The van der Waals surface area contributed by atoms with Gasteiger partial charge in [0.1, 0.15) is 0 Å². The summed E-state index contributed by atoms with van der Waals surface area (Å²) in [6.07, 6.45) is -0.790. The molecule has 8 heteroatoms. The molecule has 112 valence electrons. The minimum atomic E-state index is -4.07. The van der Waals surface area contributed by atoms with Gasteiger partial charge < -0.3 is 19.5 Å².